The lowest BCUT2D eigenvalue weighted by Crippen LogP contribution is -2.39. The molecule has 1 aromatic carbocycles. The molecule has 1 aliphatic rings. The molecule has 7 nitrogen and oxygen atoms in total. The van der Waals surface area contributed by atoms with Crippen molar-refractivity contribution in [1.29, 1.82) is 0 Å². The Bertz CT molecular complexity index is 1120. The number of anilines is 1. The molecule has 0 saturated carbocycles. The Morgan fingerprint density at radius 2 is 2.00 bits per heavy atom. The van der Waals surface area contributed by atoms with E-state index in [1.807, 2.05) is 23.1 Å². The lowest BCUT2D eigenvalue weighted by Gasteiger charge is -2.31. The van der Waals surface area contributed by atoms with Crippen molar-refractivity contribution in [3.05, 3.63) is 75.3 Å². The van der Waals surface area contributed by atoms with Crippen LogP contribution in [0.3, 0.4) is 0 Å². The number of carbonyl (C=O) groups is 1. The molecule has 0 bridgehead atoms. The van der Waals surface area contributed by atoms with Gasteiger partial charge >= 0.3 is 0 Å². The van der Waals surface area contributed by atoms with Crippen molar-refractivity contribution < 1.29 is 9.90 Å². The molecule has 0 atom stereocenters. The first kappa shape index (κ1) is 20.4. The molecule has 30 heavy (non-hydrogen) atoms. The van der Waals surface area contributed by atoms with E-state index in [4.69, 9.17) is 11.6 Å². The molecule has 1 aliphatic heterocycles. The van der Waals surface area contributed by atoms with Gasteiger partial charge in [-0.25, -0.2) is 4.98 Å². The van der Waals surface area contributed by atoms with Crippen LogP contribution in [0.1, 0.15) is 28.9 Å². The van der Waals surface area contributed by atoms with Gasteiger partial charge in [0, 0.05) is 43.2 Å². The minimum absolute atomic E-state index is 0.00556. The van der Waals surface area contributed by atoms with Gasteiger partial charge in [0.1, 0.15) is 5.65 Å². The number of piperidine rings is 1. The number of aromatic nitrogens is 2. The number of carbonyl (C=O) groups excluding carboxylic acids is 1. The van der Waals surface area contributed by atoms with Crippen LogP contribution < -0.4 is 10.9 Å². The number of hydrogen-bond donors (Lipinski definition) is 2. The fourth-order valence-corrected chi connectivity index (χ4v) is 3.83. The maximum atomic E-state index is 12.8. The van der Waals surface area contributed by atoms with Crippen molar-refractivity contribution >= 4 is 28.8 Å². The second-order valence-corrected chi connectivity index (χ2v) is 7.95. The topological polar surface area (TPSA) is 86.9 Å². The molecule has 1 saturated heterocycles. The van der Waals surface area contributed by atoms with Gasteiger partial charge in [0.2, 0.25) is 0 Å². The first-order chi connectivity index (χ1) is 14.5. The quantitative estimate of drug-likeness (QED) is 0.655. The van der Waals surface area contributed by atoms with Crippen molar-refractivity contribution in [2.75, 3.05) is 25.0 Å². The fraction of sp³-hybridized carbons (Fsp3) is 0.318. The van der Waals surface area contributed by atoms with Crippen LogP contribution >= 0.6 is 11.6 Å². The first-order valence-corrected chi connectivity index (χ1v) is 10.3. The first-order valence-electron chi connectivity index (χ1n) is 9.95. The highest BCUT2D eigenvalue weighted by molar-refractivity contribution is 6.30. The normalized spacial score (nSPS) is 14.8. The summed E-state index contributed by atoms with van der Waals surface area (Å²) in [5, 5.41) is 13.0. The third-order valence-corrected chi connectivity index (χ3v) is 5.64. The number of likely N-dealkylation sites (tertiary alicyclic amines) is 1. The number of aliphatic hydroxyl groups is 1. The van der Waals surface area contributed by atoms with Gasteiger partial charge in [0.15, 0.2) is 0 Å². The van der Waals surface area contributed by atoms with E-state index in [1.165, 1.54) is 10.5 Å². The summed E-state index contributed by atoms with van der Waals surface area (Å²) in [7, 11) is 0. The summed E-state index contributed by atoms with van der Waals surface area (Å²) in [4.78, 5) is 31.4. The van der Waals surface area contributed by atoms with E-state index < -0.39 is 0 Å². The summed E-state index contributed by atoms with van der Waals surface area (Å²) in [6, 6.07) is 12.2. The smallest absolute Gasteiger partial charge is 0.258 e. The van der Waals surface area contributed by atoms with Crippen LogP contribution in [0.4, 0.5) is 5.69 Å². The van der Waals surface area contributed by atoms with E-state index in [-0.39, 0.29) is 24.0 Å². The number of pyridine rings is 1. The Kier molecular flexibility index (Phi) is 6.01. The van der Waals surface area contributed by atoms with Gasteiger partial charge in [-0.1, -0.05) is 17.7 Å². The van der Waals surface area contributed by atoms with Crippen molar-refractivity contribution in [3.8, 4) is 0 Å². The highest BCUT2D eigenvalue weighted by atomic mass is 35.5. The van der Waals surface area contributed by atoms with Gasteiger partial charge in [-0.2, -0.15) is 0 Å². The van der Waals surface area contributed by atoms with Gasteiger partial charge in [0.05, 0.1) is 17.3 Å². The predicted octanol–water partition coefficient (Wildman–Crippen LogP) is 2.80. The highest BCUT2D eigenvalue weighted by Crippen LogP contribution is 2.20. The van der Waals surface area contributed by atoms with Crippen LogP contribution in [0.15, 0.2) is 53.5 Å². The molecule has 0 aliphatic carbocycles. The number of hydrogen-bond acceptors (Lipinski definition) is 5. The van der Waals surface area contributed by atoms with Gasteiger partial charge in [-0.05, 0) is 49.1 Å². The summed E-state index contributed by atoms with van der Waals surface area (Å²) < 4.78 is 1.41. The van der Waals surface area contributed by atoms with Gasteiger partial charge in [0.25, 0.3) is 11.5 Å². The Labute approximate surface area is 178 Å². The average molecular weight is 427 g/mol. The van der Waals surface area contributed by atoms with Crippen LogP contribution in [0.2, 0.25) is 5.02 Å². The number of amides is 1. The largest absolute Gasteiger partial charge is 0.396 e. The summed E-state index contributed by atoms with van der Waals surface area (Å²) in [5.41, 5.74) is 2.33. The monoisotopic (exact) mass is 426 g/mol. The number of nitrogens with zero attached hydrogens (tertiary/aromatic N) is 3. The van der Waals surface area contributed by atoms with E-state index in [0.717, 1.165) is 18.5 Å². The Morgan fingerprint density at radius 3 is 2.77 bits per heavy atom. The second-order valence-electron chi connectivity index (χ2n) is 7.51. The van der Waals surface area contributed by atoms with Crippen LogP contribution in [-0.4, -0.2) is 45.0 Å². The van der Waals surface area contributed by atoms with E-state index >= 15 is 0 Å². The highest BCUT2D eigenvalue weighted by Gasteiger charge is 2.23. The number of halogens is 1. The van der Waals surface area contributed by atoms with Crippen LogP contribution in [0.25, 0.3) is 5.65 Å². The van der Waals surface area contributed by atoms with E-state index in [0.29, 0.717) is 41.6 Å². The maximum Gasteiger partial charge on any atom is 0.258 e. The average Bonchev–Trinajstić information content (AvgIpc) is 2.78. The summed E-state index contributed by atoms with van der Waals surface area (Å²) in [5.74, 6) is 0.283. The number of rotatable bonds is 5. The van der Waals surface area contributed by atoms with Crippen molar-refractivity contribution in [2.45, 2.75) is 19.4 Å². The van der Waals surface area contributed by atoms with E-state index in [9.17, 15) is 14.7 Å². The van der Waals surface area contributed by atoms with Crippen LogP contribution in [0.5, 0.6) is 0 Å². The van der Waals surface area contributed by atoms with Crippen LogP contribution in [-0.2, 0) is 6.54 Å². The van der Waals surface area contributed by atoms with Crippen molar-refractivity contribution in [2.24, 2.45) is 5.92 Å². The zero-order valence-electron chi connectivity index (χ0n) is 16.4. The molecule has 4 rings (SSSR count). The molecule has 0 spiro atoms. The molecule has 1 fully saturated rings. The van der Waals surface area contributed by atoms with Gasteiger partial charge < -0.3 is 15.3 Å². The lowest BCUT2D eigenvalue weighted by molar-refractivity contribution is 0.0651. The van der Waals surface area contributed by atoms with Crippen molar-refractivity contribution in [1.82, 2.24) is 14.3 Å². The summed E-state index contributed by atoms with van der Waals surface area (Å²) in [6.45, 7) is 1.86. The lowest BCUT2D eigenvalue weighted by atomic mass is 9.97. The zero-order valence-corrected chi connectivity index (χ0v) is 17.2. The van der Waals surface area contributed by atoms with Crippen LogP contribution in [0, 0.1) is 5.92 Å². The third-order valence-electron chi connectivity index (χ3n) is 5.42. The molecule has 1 amide bonds. The number of aliphatic hydroxyl groups excluding tert-OH is 1. The molecule has 8 heteroatoms. The molecule has 3 aromatic rings. The Balaban J connectivity index is 1.45. The van der Waals surface area contributed by atoms with Gasteiger partial charge in [-0.3, -0.25) is 14.0 Å². The van der Waals surface area contributed by atoms with Gasteiger partial charge in [-0.15, -0.1) is 0 Å². The molecule has 3 heterocycles. The molecular formula is C22H23ClN4O3. The number of benzene rings is 1. The molecule has 0 radical (unpaired) electrons. The summed E-state index contributed by atoms with van der Waals surface area (Å²) in [6.07, 6.45) is 3.20. The minimum atomic E-state index is -0.200. The maximum absolute atomic E-state index is 12.8. The third kappa shape index (κ3) is 4.47. The number of nitrogens with one attached hydrogen (secondary N) is 1. The SMILES string of the molecule is O=C(c1cccc(NCc2cc(=O)n3cc(Cl)ccc3n2)c1)N1CCC(CO)CC1. The Hall–Kier alpha value is -2.90. The molecule has 156 valence electrons. The standard InChI is InChI=1S/C22H23ClN4O3/c23-17-4-5-20-25-19(11-21(29)27(20)13-17)12-24-18-3-1-2-16(10-18)22(30)26-8-6-15(14-28)7-9-26/h1-5,10-11,13,15,24,28H,6-9,12,14H2. The zero-order chi connectivity index (χ0) is 21.1. The second kappa shape index (κ2) is 8.85. The molecule has 2 aromatic heterocycles. The fourth-order valence-electron chi connectivity index (χ4n) is 3.67. The van der Waals surface area contributed by atoms with E-state index in [1.54, 1.807) is 24.4 Å². The molecular weight excluding hydrogens is 404 g/mol. The van der Waals surface area contributed by atoms with E-state index in [2.05, 4.69) is 10.3 Å². The minimum Gasteiger partial charge on any atom is -0.396 e. The molecule has 2 N–H and O–H groups in total. The van der Waals surface area contributed by atoms with Crippen molar-refractivity contribution in [3.63, 3.8) is 0 Å². The number of fused-ring (bicyclic) bond motifs is 1. The summed E-state index contributed by atoms with van der Waals surface area (Å²) >= 11 is 5.94. The molecule has 0 unspecified atom stereocenters. The predicted molar refractivity (Wildman–Crippen MR) is 116 cm³/mol. The Morgan fingerprint density at radius 1 is 1.20 bits per heavy atom.